The fourth-order valence-electron chi connectivity index (χ4n) is 4.42. The minimum atomic E-state index is 0.405. The van der Waals surface area contributed by atoms with Crippen molar-refractivity contribution < 1.29 is 18.9 Å². The first-order valence-electron chi connectivity index (χ1n) is 12.0. The van der Waals surface area contributed by atoms with Crippen LogP contribution in [-0.4, -0.2) is 33.9 Å². The molecule has 0 aliphatic heterocycles. The molecule has 0 saturated heterocycles. The van der Waals surface area contributed by atoms with Gasteiger partial charge in [-0.15, -0.1) is 0 Å². The van der Waals surface area contributed by atoms with E-state index < -0.39 is 0 Å². The van der Waals surface area contributed by atoms with Crippen LogP contribution in [0.4, 0.5) is 11.4 Å². The summed E-state index contributed by atoms with van der Waals surface area (Å²) in [5.74, 6) is 0.795. The van der Waals surface area contributed by atoms with Gasteiger partial charge >= 0.3 is 0 Å². The number of hydrogen-bond donors (Lipinski definition) is 3. The van der Waals surface area contributed by atoms with Crippen LogP contribution in [0.1, 0.15) is 17.5 Å². The van der Waals surface area contributed by atoms with Crippen molar-refractivity contribution in [1.29, 1.82) is 0 Å². The van der Waals surface area contributed by atoms with Gasteiger partial charge in [-0.2, -0.15) is 4.57 Å². The molecule has 0 aliphatic rings. The number of para-hydroxylation sites is 2. The Kier molecular flexibility index (Phi) is 8.36. The lowest BCUT2D eigenvalue weighted by Crippen LogP contribution is -2.37. The minimum absolute atomic E-state index is 0.405. The van der Waals surface area contributed by atoms with E-state index in [1.165, 1.54) is 0 Å². The highest BCUT2D eigenvalue weighted by Crippen LogP contribution is 2.33. The summed E-state index contributed by atoms with van der Waals surface area (Å²) in [7, 11) is 3.65. The first-order chi connectivity index (χ1) is 17.1. The number of anilines is 2. The van der Waals surface area contributed by atoms with E-state index in [4.69, 9.17) is 20.0 Å². The number of benzene rings is 3. The molecule has 0 atom stereocenters. The van der Waals surface area contributed by atoms with Crippen molar-refractivity contribution >= 4 is 33.2 Å². The first-order valence-corrected chi connectivity index (χ1v) is 12.0. The molecular weight excluding hydrogens is 440 g/mol. The largest absolute Gasteiger partial charge is 0.399 e. The lowest BCUT2D eigenvalue weighted by molar-refractivity contribution is -0.645. The zero-order valence-corrected chi connectivity index (χ0v) is 20.8. The first kappa shape index (κ1) is 24.7. The van der Waals surface area contributed by atoms with Gasteiger partial charge in [-0.3, -0.25) is 0 Å². The Balaban J connectivity index is 1.72. The van der Waals surface area contributed by atoms with Crippen LogP contribution < -0.4 is 25.9 Å². The van der Waals surface area contributed by atoms with E-state index >= 15 is 0 Å². The van der Waals surface area contributed by atoms with E-state index in [1.54, 1.807) is 7.11 Å². The fraction of sp³-hybridized carbons (Fsp3) is 0.321. The quantitative estimate of drug-likeness (QED) is 0.0929. The molecule has 0 unspecified atom stereocenters. The van der Waals surface area contributed by atoms with Gasteiger partial charge < -0.3 is 25.4 Å². The highest BCUT2D eigenvalue weighted by molar-refractivity contribution is 5.97. The normalized spacial score (nSPS) is 11.3. The van der Waals surface area contributed by atoms with Crippen LogP contribution in [0.2, 0.25) is 0 Å². The number of ether oxygens (including phenoxy) is 2. The van der Waals surface area contributed by atoms with E-state index in [0.29, 0.717) is 25.5 Å². The summed E-state index contributed by atoms with van der Waals surface area (Å²) >= 11 is 0. The zero-order chi connectivity index (χ0) is 24.6. The lowest BCUT2D eigenvalue weighted by Gasteiger charge is -2.18. The van der Waals surface area contributed by atoms with E-state index in [0.717, 1.165) is 63.9 Å². The SMILES string of the molecule is CNCCC[n+]1c2ccccc2c(ONc2c(C)cc(N)cc2COCCOC)c2ccccc21. The molecule has 0 fully saturated rings. The molecule has 4 N–H and O–H groups in total. The maximum atomic E-state index is 6.39. The number of pyridine rings is 1. The number of methoxy groups -OCH3 is 1. The van der Waals surface area contributed by atoms with Crippen LogP contribution in [-0.2, 0) is 22.6 Å². The molecule has 7 nitrogen and oxygen atoms in total. The number of nitrogens with zero attached hydrogens (tertiary/aromatic N) is 1. The topological polar surface area (TPSA) is 81.7 Å². The second-order valence-corrected chi connectivity index (χ2v) is 8.59. The molecule has 1 heterocycles. The highest BCUT2D eigenvalue weighted by Gasteiger charge is 2.21. The summed E-state index contributed by atoms with van der Waals surface area (Å²) in [4.78, 5) is 6.39. The number of nitrogens with one attached hydrogen (secondary N) is 2. The van der Waals surface area contributed by atoms with Crippen LogP contribution in [0.15, 0.2) is 60.7 Å². The smallest absolute Gasteiger partial charge is 0.216 e. The molecule has 7 heteroatoms. The van der Waals surface area contributed by atoms with Crippen molar-refractivity contribution in [2.75, 3.05) is 45.1 Å². The van der Waals surface area contributed by atoms with Gasteiger partial charge in [-0.1, -0.05) is 24.3 Å². The Morgan fingerprint density at radius 3 is 2.29 bits per heavy atom. The van der Waals surface area contributed by atoms with Gasteiger partial charge in [0.1, 0.15) is 0 Å². The van der Waals surface area contributed by atoms with Crippen LogP contribution in [0, 0.1) is 6.92 Å². The van der Waals surface area contributed by atoms with Gasteiger partial charge in [0.05, 0.1) is 36.3 Å². The molecule has 1 aromatic heterocycles. The molecule has 3 aromatic carbocycles. The summed E-state index contributed by atoms with van der Waals surface area (Å²) in [5.41, 5.74) is 15.1. The summed E-state index contributed by atoms with van der Waals surface area (Å²) in [6.45, 7) is 5.33. The molecule has 4 rings (SSSR count). The molecule has 184 valence electrons. The third-order valence-corrected chi connectivity index (χ3v) is 6.07. The van der Waals surface area contributed by atoms with Gasteiger partial charge in [0, 0.05) is 43.5 Å². The van der Waals surface area contributed by atoms with Crippen molar-refractivity contribution in [2.45, 2.75) is 26.5 Å². The van der Waals surface area contributed by atoms with Gasteiger partial charge in [0.25, 0.3) is 0 Å². The van der Waals surface area contributed by atoms with E-state index in [2.05, 4.69) is 51.8 Å². The molecule has 0 bridgehead atoms. The Morgan fingerprint density at radius 2 is 1.63 bits per heavy atom. The second-order valence-electron chi connectivity index (χ2n) is 8.59. The molecule has 0 radical (unpaired) electrons. The van der Waals surface area contributed by atoms with Crippen molar-refractivity contribution in [3.05, 3.63) is 71.8 Å². The van der Waals surface area contributed by atoms with E-state index in [1.807, 2.05) is 38.2 Å². The summed E-state index contributed by atoms with van der Waals surface area (Å²) in [6.07, 6.45) is 1.03. The molecule has 0 spiro atoms. The van der Waals surface area contributed by atoms with Gasteiger partial charge in [0.15, 0.2) is 12.3 Å². The lowest BCUT2D eigenvalue weighted by atomic mass is 10.1. The minimum Gasteiger partial charge on any atom is -0.399 e. The highest BCUT2D eigenvalue weighted by atomic mass is 16.6. The molecule has 4 aromatic rings. The number of aryl methyl sites for hydroxylation is 2. The number of hydrogen-bond acceptors (Lipinski definition) is 6. The zero-order valence-electron chi connectivity index (χ0n) is 20.8. The summed E-state index contributed by atoms with van der Waals surface area (Å²) < 4.78 is 13.2. The number of aromatic nitrogens is 1. The third kappa shape index (κ3) is 5.65. The van der Waals surface area contributed by atoms with Crippen LogP contribution in [0.5, 0.6) is 5.75 Å². The number of rotatable bonds is 12. The molecule has 0 amide bonds. The maximum Gasteiger partial charge on any atom is 0.216 e. The summed E-state index contributed by atoms with van der Waals surface area (Å²) in [5, 5.41) is 5.35. The molecular formula is C28H35N4O3+. The third-order valence-electron chi connectivity index (χ3n) is 6.07. The van der Waals surface area contributed by atoms with Crippen LogP contribution >= 0.6 is 0 Å². The Hall–Kier alpha value is -3.39. The Labute approximate surface area is 206 Å². The predicted octanol–water partition coefficient (Wildman–Crippen LogP) is 4.35. The monoisotopic (exact) mass is 475 g/mol. The predicted molar refractivity (Wildman–Crippen MR) is 142 cm³/mol. The fourth-order valence-corrected chi connectivity index (χ4v) is 4.42. The average Bonchev–Trinajstić information content (AvgIpc) is 2.86. The van der Waals surface area contributed by atoms with Gasteiger partial charge in [-0.05, 0) is 43.8 Å². The number of nitrogens with two attached hydrogens (primary N) is 1. The molecule has 0 aliphatic carbocycles. The van der Waals surface area contributed by atoms with Crippen molar-refractivity contribution in [2.24, 2.45) is 0 Å². The van der Waals surface area contributed by atoms with Crippen molar-refractivity contribution in [3.63, 3.8) is 0 Å². The standard InChI is InChI=1S/C28H35N4O3/c1-20-17-22(29)18-21(19-34-16-15-33-3)27(20)31-35-28-23-9-4-6-11-25(23)32(14-8-13-30-2)26-12-7-5-10-24(26)28/h4-7,9-12,17-18,30-31H,8,13-16,19,29H2,1-3H3/q+1. The van der Waals surface area contributed by atoms with E-state index in [9.17, 15) is 0 Å². The molecule has 0 saturated carbocycles. The van der Waals surface area contributed by atoms with Crippen molar-refractivity contribution in [1.82, 2.24) is 5.32 Å². The van der Waals surface area contributed by atoms with Crippen LogP contribution in [0.3, 0.4) is 0 Å². The van der Waals surface area contributed by atoms with Gasteiger partial charge in [0.2, 0.25) is 11.0 Å². The number of nitrogen functional groups attached to an aromatic ring is 1. The maximum absolute atomic E-state index is 6.39. The van der Waals surface area contributed by atoms with Crippen molar-refractivity contribution in [3.8, 4) is 5.75 Å². The Morgan fingerprint density at radius 1 is 0.943 bits per heavy atom. The second kappa shape index (κ2) is 11.8. The molecule has 35 heavy (non-hydrogen) atoms. The van der Waals surface area contributed by atoms with E-state index in [-0.39, 0.29) is 0 Å². The van der Waals surface area contributed by atoms with Gasteiger partial charge in [-0.25, -0.2) is 5.48 Å². The Bertz CT molecular complexity index is 1240. The average molecular weight is 476 g/mol. The summed E-state index contributed by atoms with van der Waals surface area (Å²) in [6, 6.07) is 20.6. The van der Waals surface area contributed by atoms with Crippen LogP contribution in [0.25, 0.3) is 21.8 Å². The number of fused-ring (bicyclic) bond motifs is 2.